The molecule has 1 amide bonds. The number of aromatic nitrogens is 3. The van der Waals surface area contributed by atoms with E-state index in [1.165, 1.54) is 28.6 Å². The first-order valence-electron chi connectivity index (χ1n) is 10.9. The van der Waals surface area contributed by atoms with Crippen molar-refractivity contribution < 1.29 is 4.79 Å². The lowest BCUT2D eigenvalue weighted by molar-refractivity contribution is -0.113. The highest BCUT2D eigenvalue weighted by molar-refractivity contribution is 7.99. The molecule has 4 rings (SSSR count). The van der Waals surface area contributed by atoms with Crippen molar-refractivity contribution >= 4 is 34.0 Å². The number of nitriles is 1. The lowest BCUT2D eigenvalue weighted by Gasteiger charge is -2.07. The third-order valence-electron chi connectivity index (χ3n) is 5.79. The van der Waals surface area contributed by atoms with Gasteiger partial charge in [0.1, 0.15) is 11.1 Å². The summed E-state index contributed by atoms with van der Waals surface area (Å²) >= 11 is 2.91. The van der Waals surface area contributed by atoms with E-state index in [1.807, 2.05) is 11.6 Å². The molecule has 0 aliphatic heterocycles. The van der Waals surface area contributed by atoms with Crippen molar-refractivity contribution in [2.24, 2.45) is 7.05 Å². The average Bonchev–Trinajstić information content (AvgIpc) is 3.22. The molecular formula is C24H27N5OS2. The maximum absolute atomic E-state index is 12.6. The third kappa shape index (κ3) is 4.74. The molecule has 1 aromatic carbocycles. The van der Waals surface area contributed by atoms with E-state index in [0.717, 1.165) is 42.6 Å². The molecule has 1 aliphatic rings. The molecule has 3 aromatic rings. The van der Waals surface area contributed by atoms with Crippen LogP contribution in [0.15, 0.2) is 29.4 Å². The Kier molecular flexibility index (Phi) is 6.97. The fraction of sp³-hybridized carbons (Fsp3) is 0.417. The van der Waals surface area contributed by atoms with Crippen molar-refractivity contribution in [1.29, 1.82) is 5.26 Å². The van der Waals surface area contributed by atoms with E-state index in [1.54, 1.807) is 11.3 Å². The topological polar surface area (TPSA) is 83.6 Å². The fourth-order valence-corrected chi connectivity index (χ4v) is 5.92. The molecular weight excluding hydrogens is 438 g/mol. The summed E-state index contributed by atoms with van der Waals surface area (Å²) < 4.78 is 1.91. The smallest absolute Gasteiger partial charge is 0.235 e. The Morgan fingerprint density at radius 1 is 1.22 bits per heavy atom. The van der Waals surface area contributed by atoms with Crippen LogP contribution in [-0.2, 0) is 24.7 Å². The van der Waals surface area contributed by atoms with Gasteiger partial charge in [-0.2, -0.15) is 5.26 Å². The van der Waals surface area contributed by atoms with Crippen LogP contribution in [0.4, 0.5) is 5.00 Å². The van der Waals surface area contributed by atoms with Crippen molar-refractivity contribution in [2.45, 2.75) is 57.0 Å². The Hall–Kier alpha value is -2.63. The van der Waals surface area contributed by atoms with Crippen LogP contribution in [0.2, 0.25) is 0 Å². The van der Waals surface area contributed by atoms with E-state index < -0.39 is 0 Å². The number of carbonyl (C=O) groups is 1. The molecule has 0 radical (unpaired) electrons. The number of hydrogen-bond acceptors (Lipinski definition) is 6. The van der Waals surface area contributed by atoms with Gasteiger partial charge in [-0.3, -0.25) is 4.79 Å². The van der Waals surface area contributed by atoms with Crippen LogP contribution < -0.4 is 5.32 Å². The van der Waals surface area contributed by atoms with Gasteiger partial charge in [-0.1, -0.05) is 56.3 Å². The van der Waals surface area contributed by atoms with Crippen molar-refractivity contribution in [2.75, 3.05) is 11.1 Å². The first kappa shape index (κ1) is 22.6. The number of nitrogens with one attached hydrogen (secondary N) is 1. The molecule has 2 heterocycles. The second-order valence-corrected chi connectivity index (χ2v) is 10.4. The molecule has 1 N–H and O–H groups in total. The predicted molar refractivity (Wildman–Crippen MR) is 130 cm³/mol. The van der Waals surface area contributed by atoms with E-state index >= 15 is 0 Å². The zero-order valence-electron chi connectivity index (χ0n) is 18.6. The normalized spacial score (nSPS) is 13.5. The van der Waals surface area contributed by atoms with E-state index in [2.05, 4.69) is 59.7 Å². The largest absolute Gasteiger partial charge is 0.316 e. The van der Waals surface area contributed by atoms with Gasteiger partial charge in [-0.05, 0) is 42.7 Å². The molecule has 6 nitrogen and oxygen atoms in total. The summed E-state index contributed by atoms with van der Waals surface area (Å²) in [7, 11) is 1.91. The first-order chi connectivity index (χ1) is 15.5. The molecule has 0 unspecified atom stereocenters. The lowest BCUT2D eigenvalue weighted by atomic mass is 10.0. The first-order valence-corrected chi connectivity index (χ1v) is 12.7. The van der Waals surface area contributed by atoms with Gasteiger partial charge in [-0.15, -0.1) is 21.5 Å². The Balaban J connectivity index is 1.42. The quantitative estimate of drug-likeness (QED) is 0.382. The van der Waals surface area contributed by atoms with Gasteiger partial charge in [0, 0.05) is 17.5 Å². The Bertz CT molecular complexity index is 1150. The number of fused-ring (bicyclic) bond motifs is 1. The zero-order chi connectivity index (χ0) is 22.7. The van der Waals surface area contributed by atoms with Crippen LogP contribution >= 0.6 is 23.1 Å². The number of nitrogens with zero attached hydrogens (tertiary/aromatic N) is 4. The summed E-state index contributed by atoms with van der Waals surface area (Å²) in [5.74, 6) is 1.34. The van der Waals surface area contributed by atoms with Gasteiger partial charge in [0.15, 0.2) is 11.0 Å². The summed E-state index contributed by atoms with van der Waals surface area (Å²) in [5, 5.41) is 22.6. The number of aryl methyl sites for hydroxylation is 1. The Labute approximate surface area is 197 Å². The summed E-state index contributed by atoms with van der Waals surface area (Å²) in [4.78, 5) is 13.9. The van der Waals surface area contributed by atoms with Crippen molar-refractivity contribution in [3.05, 3.63) is 45.8 Å². The third-order valence-corrected chi connectivity index (χ3v) is 8.02. The van der Waals surface area contributed by atoms with Crippen LogP contribution in [0.5, 0.6) is 0 Å². The van der Waals surface area contributed by atoms with Crippen molar-refractivity contribution in [3.63, 3.8) is 0 Å². The van der Waals surface area contributed by atoms with Crippen LogP contribution in [0.1, 0.15) is 60.6 Å². The summed E-state index contributed by atoms with van der Waals surface area (Å²) in [6, 6.07) is 10.7. The van der Waals surface area contributed by atoms with Crippen molar-refractivity contribution in [3.8, 4) is 17.5 Å². The number of benzene rings is 1. The molecule has 8 heteroatoms. The van der Waals surface area contributed by atoms with Crippen LogP contribution in [0.25, 0.3) is 11.4 Å². The monoisotopic (exact) mass is 465 g/mol. The zero-order valence-corrected chi connectivity index (χ0v) is 20.3. The number of carbonyl (C=O) groups excluding carboxylic acids is 1. The van der Waals surface area contributed by atoms with Crippen LogP contribution in [-0.4, -0.2) is 26.4 Å². The number of amides is 1. The second kappa shape index (κ2) is 9.88. The molecule has 2 aromatic heterocycles. The molecule has 0 fully saturated rings. The summed E-state index contributed by atoms with van der Waals surface area (Å²) in [5.41, 5.74) is 4.07. The van der Waals surface area contributed by atoms with Gasteiger partial charge in [0.05, 0.1) is 11.3 Å². The highest BCUT2D eigenvalue weighted by Gasteiger charge is 2.21. The lowest BCUT2D eigenvalue weighted by Crippen LogP contribution is -2.14. The summed E-state index contributed by atoms with van der Waals surface area (Å²) in [6.07, 6.45) is 5.39. The van der Waals surface area contributed by atoms with Crippen molar-refractivity contribution in [1.82, 2.24) is 14.8 Å². The van der Waals surface area contributed by atoms with Gasteiger partial charge in [0.2, 0.25) is 5.91 Å². The number of anilines is 1. The molecule has 0 saturated heterocycles. The molecule has 0 atom stereocenters. The summed E-state index contributed by atoms with van der Waals surface area (Å²) in [6.45, 7) is 4.34. The average molecular weight is 466 g/mol. The minimum absolute atomic E-state index is 0.131. The standard InChI is InChI=1S/C24H27N5OS2/c1-15(2)16-9-11-17(12-10-16)22-27-28-24(29(22)3)31-14-21(30)26-23-19(13-25)18-7-5-4-6-8-20(18)32-23/h9-12,15H,4-8,14H2,1-3H3,(H,26,30). The SMILES string of the molecule is CC(C)c1ccc(-c2nnc(SCC(=O)Nc3sc4c(c3C#N)CCCCC4)n2C)cc1. The maximum atomic E-state index is 12.6. The van der Waals surface area contributed by atoms with Crippen LogP contribution in [0.3, 0.4) is 0 Å². The van der Waals surface area contributed by atoms with Gasteiger partial charge in [0.25, 0.3) is 0 Å². The highest BCUT2D eigenvalue weighted by atomic mass is 32.2. The second-order valence-electron chi connectivity index (χ2n) is 8.36. The molecule has 0 bridgehead atoms. The molecule has 166 valence electrons. The van der Waals surface area contributed by atoms with Gasteiger partial charge < -0.3 is 9.88 Å². The molecule has 0 saturated carbocycles. The molecule has 0 spiro atoms. The Morgan fingerprint density at radius 2 is 1.97 bits per heavy atom. The van der Waals surface area contributed by atoms with E-state index in [4.69, 9.17) is 0 Å². The van der Waals surface area contributed by atoms with Crippen LogP contribution in [0, 0.1) is 11.3 Å². The maximum Gasteiger partial charge on any atom is 0.235 e. The number of hydrogen-bond donors (Lipinski definition) is 1. The minimum atomic E-state index is -0.131. The van der Waals surface area contributed by atoms with E-state index in [-0.39, 0.29) is 11.7 Å². The number of rotatable bonds is 6. The minimum Gasteiger partial charge on any atom is -0.316 e. The number of thiophene rings is 1. The molecule has 32 heavy (non-hydrogen) atoms. The fourth-order valence-electron chi connectivity index (χ4n) is 3.95. The van der Waals surface area contributed by atoms with Gasteiger partial charge >= 0.3 is 0 Å². The Morgan fingerprint density at radius 3 is 2.69 bits per heavy atom. The molecule has 1 aliphatic carbocycles. The van der Waals surface area contributed by atoms with E-state index in [0.29, 0.717) is 21.6 Å². The van der Waals surface area contributed by atoms with Gasteiger partial charge in [-0.25, -0.2) is 0 Å². The van der Waals surface area contributed by atoms with E-state index in [9.17, 15) is 10.1 Å². The predicted octanol–water partition coefficient (Wildman–Crippen LogP) is 5.54. The number of thioether (sulfide) groups is 1. The highest BCUT2D eigenvalue weighted by Crippen LogP contribution is 2.37.